The van der Waals surface area contributed by atoms with E-state index in [0.717, 1.165) is 56.9 Å². The highest BCUT2D eigenvalue weighted by Gasteiger charge is 2.64. The van der Waals surface area contributed by atoms with Crippen molar-refractivity contribution in [1.82, 2.24) is 9.62 Å². The molecule has 0 aliphatic heterocycles. The number of urea groups is 1. The lowest BCUT2D eigenvalue weighted by Crippen LogP contribution is -2.62. The Morgan fingerprint density at radius 1 is 1.00 bits per heavy atom. The normalized spacial score (nSPS) is 38.9. The Kier molecular flexibility index (Phi) is 9.58. The smallest absolute Gasteiger partial charge is 0.331 e. The second-order valence-corrected chi connectivity index (χ2v) is 18.7. The molecule has 254 valence electrons. The minimum Gasteiger partial charge on any atom is -0.393 e. The van der Waals surface area contributed by atoms with Crippen LogP contribution >= 0.6 is 0 Å². The summed E-state index contributed by atoms with van der Waals surface area (Å²) in [5.41, 5.74) is 1.29. The lowest BCUT2D eigenvalue weighted by Gasteiger charge is -2.64. The van der Waals surface area contributed by atoms with Gasteiger partial charge in [-0.05, 0) is 127 Å². The lowest BCUT2D eigenvalue weighted by molar-refractivity contribution is -0.203. The van der Waals surface area contributed by atoms with E-state index in [1.165, 1.54) is 11.3 Å². The average Bonchev–Trinajstić information content (AvgIpc) is 3.33. The van der Waals surface area contributed by atoms with E-state index in [1.807, 2.05) is 0 Å². The number of nitrogens with one attached hydrogen (secondary N) is 1. The van der Waals surface area contributed by atoms with E-state index in [-0.39, 0.29) is 39.3 Å². The first-order valence-electron chi connectivity index (χ1n) is 17.7. The summed E-state index contributed by atoms with van der Waals surface area (Å²) in [6, 6.07) is 6.14. The monoisotopic (exact) mass is 644 g/mol. The van der Waals surface area contributed by atoms with Crippen LogP contribution in [0.2, 0.25) is 0 Å². The number of carbonyl (C=O) groups is 1. The molecule has 0 heterocycles. The van der Waals surface area contributed by atoms with Crippen LogP contribution in [0.1, 0.15) is 112 Å². The third kappa shape index (κ3) is 6.22. The van der Waals surface area contributed by atoms with E-state index in [0.29, 0.717) is 42.1 Å². The molecule has 2 unspecified atom stereocenters. The van der Waals surface area contributed by atoms with Gasteiger partial charge in [-0.3, -0.25) is 0 Å². The SMILES string of the molecule is CC[C@@H]1C2C[C@H](O)CCC2(C)[C@H]2CC[C@]3(C)[C@@H]([C@H](C)CCN(C)C(=O)NS(=O)(=O)c4ccc(C(C)(C)C)cc4)CC[C@H]3[C@@H]2[C@@H]1O. The molecule has 0 aromatic heterocycles. The van der Waals surface area contributed by atoms with Crippen molar-refractivity contribution in [1.29, 1.82) is 0 Å². The molecule has 7 nitrogen and oxygen atoms in total. The van der Waals surface area contributed by atoms with E-state index in [1.54, 1.807) is 31.3 Å². The Morgan fingerprint density at radius 2 is 1.62 bits per heavy atom. The number of rotatable bonds is 7. The van der Waals surface area contributed by atoms with Crippen LogP contribution in [0.25, 0.3) is 0 Å². The minimum atomic E-state index is -3.97. The molecular weight excluding hydrogens is 584 g/mol. The molecule has 11 atom stereocenters. The van der Waals surface area contributed by atoms with Crippen LogP contribution < -0.4 is 4.72 Å². The van der Waals surface area contributed by atoms with Crippen LogP contribution in [0.3, 0.4) is 0 Å². The Morgan fingerprint density at radius 3 is 2.24 bits per heavy atom. The molecule has 0 saturated heterocycles. The van der Waals surface area contributed by atoms with Gasteiger partial charge < -0.3 is 15.1 Å². The van der Waals surface area contributed by atoms with E-state index in [9.17, 15) is 23.4 Å². The molecule has 4 fully saturated rings. The van der Waals surface area contributed by atoms with Crippen molar-refractivity contribution in [2.45, 2.75) is 129 Å². The fourth-order valence-electron chi connectivity index (χ4n) is 11.0. The third-order valence-corrected chi connectivity index (χ3v) is 15.0. The maximum Gasteiger partial charge on any atom is 0.331 e. The number of hydrogen-bond acceptors (Lipinski definition) is 5. The van der Waals surface area contributed by atoms with Crippen molar-refractivity contribution in [2.75, 3.05) is 13.6 Å². The summed E-state index contributed by atoms with van der Waals surface area (Å²) in [6.07, 6.45) is 8.64. The highest BCUT2D eigenvalue weighted by Crippen LogP contribution is 2.69. The molecule has 5 rings (SSSR count). The number of aliphatic hydroxyl groups is 2. The quantitative estimate of drug-likeness (QED) is 0.297. The lowest BCUT2D eigenvalue weighted by atomic mass is 9.41. The predicted octanol–water partition coefficient (Wildman–Crippen LogP) is 6.97. The summed E-state index contributed by atoms with van der Waals surface area (Å²) in [4.78, 5) is 14.6. The first kappa shape index (κ1) is 34.7. The van der Waals surface area contributed by atoms with Crippen LogP contribution in [0.5, 0.6) is 0 Å². The zero-order chi connectivity index (χ0) is 33.1. The first-order valence-corrected chi connectivity index (χ1v) is 19.2. The Hall–Kier alpha value is -1.64. The molecule has 3 N–H and O–H groups in total. The zero-order valence-corrected chi connectivity index (χ0v) is 29.9. The van der Waals surface area contributed by atoms with Gasteiger partial charge in [0.05, 0.1) is 17.1 Å². The largest absolute Gasteiger partial charge is 0.393 e. The number of fused-ring (bicyclic) bond motifs is 5. The number of aliphatic hydroxyl groups excluding tert-OH is 2. The van der Waals surface area contributed by atoms with Crippen LogP contribution in [-0.2, 0) is 15.4 Å². The number of carbonyl (C=O) groups excluding carboxylic acids is 1. The fourth-order valence-corrected chi connectivity index (χ4v) is 12.0. The second-order valence-electron chi connectivity index (χ2n) is 17.0. The van der Waals surface area contributed by atoms with Crippen LogP contribution in [-0.4, -0.2) is 55.4 Å². The van der Waals surface area contributed by atoms with Crippen molar-refractivity contribution in [3.05, 3.63) is 29.8 Å². The van der Waals surface area contributed by atoms with Gasteiger partial charge in [0, 0.05) is 13.6 Å². The highest BCUT2D eigenvalue weighted by atomic mass is 32.2. The highest BCUT2D eigenvalue weighted by molar-refractivity contribution is 7.90. The summed E-state index contributed by atoms with van der Waals surface area (Å²) < 4.78 is 28.2. The van der Waals surface area contributed by atoms with Gasteiger partial charge in [0.15, 0.2) is 0 Å². The predicted molar refractivity (Wildman–Crippen MR) is 179 cm³/mol. The first-order chi connectivity index (χ1) is 20.9. The molecule has 2 amide bonds. The summed E-state index contributed by atoms with van der Waals surface area (Å²) in [5.74, 6) is 2.87. The maximum absolute atomic E-state index is 13.0. The van der Waals surface area contributed by atoms with E-state index >= 15 is 0 Å². The van der Waals surface area contributed by atoms with Gasteiger partial charge >= 0.3 is 6.03 Å². The van der Waals surface area contributed by atoms with Crippen LogP contribution in [0, 0.1) is 52.3 Å². The van der Waals surface area contributed by atoms with Gasteiger partial charge in [-0.15, -0.1) is 0 Å². The zero-order valence-electron chi connectivity index (χ0n) is 29.1. The van der Waals surface area contributed by atoms with Gasteiger partial charge in [0.25, 0.3) is 10.0 Å². The molecule has 1 aromatic rings. The molecule has 8 heteroatoms. The van der Waals surface area contributed by atoms with Crippen molar-refractivity contribution in [3.8, 4) is 0 Å². The summed E-state index contributed by atoms with van der Waals surface area (Å²) in [7, 11) is -2.29. The molecule has 0 spiro atoms. The Labute approximate surface area is 273 Å². The van der Waals surface area contributed by atoms with Gasteiger partial charge in [0.2, 0.25) is 0 Å². The molecule has 4 aliphatic rings. The number of amides is 2. The minimum absolute atomic E-state index is 0.0888. The third-order valence-electron chi connectivity index (χ3n) is 13.7. The van der Waals surface area contributed by atoms with Gasteiger partial charge in [-0.1, -0.05) is 67.0 Å². The summed E-state index contributed by atoms with van der Waals surface area (Å²) in [6.45, 7) is 16.2. The molecule has 0 bridgehead atoms. The Balaban J connectivity index is 1.22. The number of nitrogens with zero attached hydrogens (tertiary/aromatic N) is 1. The maximum atomic E-state index is 13.0. The second kappa shape index (κ2) is 12.4. The Bertz CT molecular complexity index is 1330. The molecule has 0 radical (unpaired) electrons. The van der Waals surface area contributed by atoms with E-state index in [4.69, 9.17) is 0 Å². The number of sulfonamides is 1. The average molecular weight is 645 g/mol. The molecular formula is C37H60N2O5S. The van der Waals surface area contributed by atoms with Crippen molar-refractivity contribution < 1.29 is 23.4 Å². The van der Waals surface area contributed by atoms with Gasteiger partial charge in [-0.25, -0.2) is 17.9 Å². The molecule has 4 saturated carbocycles. The van der Waals surface area contributed by atoms with Crippen LogP contribution in [0.15, 0.2) is 29.2 Å². The van der Waals surface area contributed by atoms with Gasteiger partial charge in [-0.2, -0.15) is 0 Å². The van der Waals surface area contributed by atoms with Gasteiger partial charge in [0.1, 0.15) is 0 Å². The number of hydrogen-bond donors (Lipinski definition) is 3. The molecule has 4 aliphatic carbocycles. The summed E-state index contributed by atoms with van der Waals surface area (Å²) >= 11 is 0. The van der Waals surface area contributed by atoms with E-state index < -0.39 is 16.1 Å². The molecule has 1 aromatic carbocycles. The van der Waals surface area contributed by atoms with Crippen LogP contribution in [0.4, 0.5) is 4.79 Å². The van der Waals surface area contributed by atoms with Crippen molar-refractivity contribution >= 4 is 16.1 Å². The molecule has 45 heavy (non-hydrogen) atoms. The fraction of sp³-hybridized carbons (Fsp3) is 0.811. The van der Waals surface area contributed by atoms with E-state index in [2.05, 4.69) is 53.2 Å². The topological polar surface area (TPSA) is 107 Å². The number of benzene rings is 1. The van der Waals surface area contributed by atoms with Crippen molar-refractivity contribution in [3.63, 3.8) is 0 Å². The van der Waals surface area contributed by atoms with Crippen molar-refractivity contribution in [2.24, 2.45) is 52.3 Å². The summed E-state index contributed by atoms with van der Waals surface area (Å²) in [5, 5.41) is 22.5. The standard InChI is InChI=1S/C37H60N2O5S/c1-9-27-31-22-25(40)16-19-37(31,7)30-17-20-36(6)28(14-15-29(36)32(30)33(27)41)23(2)18-21-39(8)34(42)38-45(43,44)26-12-10-24(11-13-26)35(3,4)5/h10-13,23,25,27-33,40-41H,9,14-22H2,1-8H3,(H,38,42)/t23-,25-,27-,28-,29+,30+,31?,32+,33-,36-,37?/m1/s1.